The van der Waals surface area contributed by atoms with Crippen LogP contribution in [0.3, 0.4) is 0 Å². The molecule has 2 N–H and O–H groups in total. The number of nitrogens with one attached hydrogen (secondary N) is 2. The molecule has 0 radical (unpaired) electrons. The number of aromatic nitrogens is 1. The molecule has 0 unspecified atom stereocenters. The summed E-state index contributed by atoms with van der Waals surface area (Å²) >= 11 is 0. The summed E-state index contributed by atoms with van der Waals surface area (Å²) in [5, 5.41) is 5.95. The lowest BCUT2D eigenvalue weighted by atomic mass is 9.83. The van der Waals surface area contributed by atoms with Gasteiger partial charge < -0.3 is 20.1 Å². The molecule has 0 saturated carbocycles. The lowest BCUT2D eigenvalue weighted by Crippen LogP contribution is -2.56. The number of amides is 3. The average Bonchev–Trinajstić information content (AvgIpc) is 2.78. The number of piperidine rings is 1. The van der Waals surface area contributed by atoms with Gasteiger partial charge in [0.15, 0.2) is 0 Å². The molecule has 2 bridgehead atoms. The van der Waals surface area contributed by atoms with E-state index in [9.17, 15) is 14.4 Å². The van der Waals surface area contributed by atoms with Gasteiger partial charge in [-0.25, -0.2) is 4.79 Å². The van der Waals surface area contributed by atoms with Gasteiger partial charge in [-0.2, -0.15) is 0 Å². The monoisotopic (exact) mass is 436 g/mol. The first kappa shape index (κ1) is 22.1. The third-order valence-electron chi connectivity index (χ3n) is 6.35. The lowest BCUT2D eigenvalue weighted by molar-refractivity contribution is -0.123. The molecule has 0 aliphatic carbocycles. The van der Waals surface area contributed by atoms with Crippen LogP contribution in [0.5, 0.6) is 0 Å². The summed E-state index contributed by atoms with van der Waals surface area (Å²) in [6.45, 7) is 6.44. The zero-order chi connectivity index (χ0) is 22.7. The van der Waals surface area contributed by atoms with Gasteiger partial charge in [-0.1, -0.05) is 50.2 Å². The first-order valence-electron chi connectivity index (χ1n) is 11.5. The van der Waals surface area contributed by atoms with E-state index in [1.807, 2.05) is 59.7 Å². The molecule has 2 aliphatic heterocycles. The minimum atomic E-state index is -0.639. The Labute approximate surface area is 188 Å². The minimum Gasteiger partial charge on any atom is -0.354 e. The number of rotatable bonds is 6. The number of nitrogens with zero attached hydrogens (tertiary/aromatic N) is 2. The molecular weight excluding hydrogens is 404 g/mol. The van der Waals surface area contributed by atoms with Gasteiger partial charge in [-0.15, -0.1) is 0 Å². The summed E-state index contributed by atoms with van der Waals surface area (Å²) in [6.07, 6.45) is 1.42. The molecule has 170 valence electrons. The van der Waals surface area contributed by atoms with Crippen molar-refractivity contribution >= 4 is 11.9 Å². The van der Waals surface area contributed by atoms with E-state index >= 15 is 0 Å². The van der Waals surface area contributed by atoms with Gasteiger partial charge in [0, 0.05) is 50.3 Å². The summed E-state index contributed by atoms with van der Waals surface area (Å²) in [6, 6.07) is 14.3. The Morgan fingerprint density at radius 2 is 1.81 bits per heavy atom. The van der Waals surface area contributed by atoms with Crippen molar-refractivity contribution < 1.29 is 9.59 Å². The van der Waals surface area contributed by atoms with Crippen LogP contribution in [0.2, 0.25) is 0 Å². The molecule has 2 aliphatic rings. The largest absolute Gasteiger partial charge is 0.354 e. The maximum Gasteiger partial charge on any atom is 0.318 e. The summed E-state index contributed by atoms with van der Waals surface area (Å²) < 4.78 is 1.85. The zero-order valence-corrected chi connectivity index (χ0v) is 18.8. The fraction of sp³-hybridized carbons (Fsp3) is 0.480. The van der Waals surface area contributed by atoms with Crippen molar-refractivity contribution in [3.8, 4) is 0 Å². The Hall–Kier alpha value is -3.09. The summed E-state index contributed by atoms with van der Waals surface area (Å²) in [7, 11) is 0. The second-order valence-corrected chi connectivity index (χ2v) is 9.43. The van der Waals surface area contributed by atoms with Gasteiger partial charge in [0.2, 0.25) is 5.91 Å². The number of carbonyl (C=O) groups excluding carboxylic acids is 2. The van der Waals surface area contributed by atoms with Crippen molar-refractivity contribution in [2.24, 2.45) is 11.8 Å². The molecule has 1 saturated heterocycles. The molecule has 1 aromatic heterocycles. The van der Waals surface area contributed by atoms with Crippen LogP contribution in [0, 0.1) is 11.8 Å². The van der Waals surface area contributed by atoms with Gasteiger partial charge in [-0.3, -0.25) is 9.59 Å². The predicted molar refractivity (Wildman–Crippen MR) is 123 cm³/mol. The van der Waals surface area contributed by atoms with Crippen LogP contribution in [-0.4, -0.2) is 47.1 Å². The molecule has 1 aromatic carbocycles. The number of hydrogen-bond acceptors (Lipinski definition) is 3. The molecule has 2 aromatic rings. The number of fused-ring (bicyclic) bond motifs is 4. The summed E-state index contributed by atoms with van der Waals surface area (Å²) in [4.78, 5) is 40.2. The fourth-order valence-corrected chi connectivity index (χ4v) is 4.79. The van der Waals surface area contributed by atoms with Crippen molar-refractivity contribution in [2.75, 3.05) is 19.6 Å². The number of likely N-dealkylation sites (tertiary alicyclic amines) is 1. The Morgan fingerprint density at radius 3 is 2.56 bits per heavy atom. The maximum atomic E-state index is 13.2. The van der Waals surface area contributed by atoms with Gasteiger partial charge in [0.05, 0.1) is 0 Å². The van der Waals surface area contributed by atoms with E-state index in [2.05, 4.69) is 10.6 Å². The number of urea groups is 1. The summed E-state index contributed by atoms with van der Waals surface area (Å²) in [5.74, 6) is 0.556. The standard InChI is InChI=1S/C25H32N4O3/c1-17(2)13-26-24(31)21(12-18-7-4-3-5-8-18)27-25(32)28-14-19-11-20(16-28)22-9-6-10-23(30)29(22)15-19/h3-10,17,19-21H,11-16H2,1-2H3,(H,26,31)(H,27,32)/t19-,20+,21+/m1/s1. The third-order valence-corrected chi connectivity index (χ3v) is 6.35. The number of hydrogen-bond donors (Lipinski definition) is 2. The fourth-order valence-electron chi connectivity index (χ4n) is 4.79. The van der Waals surface area contributed by atoms with Gasteiger partial charge >= 0.3 is 6.03 Å². The smallest absolute Gasteiger partial charge is 0.318 e. The van der Waals surface area contributed by atoms with Crippen LogP contribution in [-0.2, 0) is 17.8 Å². The molecule has 3 atom stereocenters. The van der Waals surface area contributed by atoms with E-state index in [0.29, 0.717) is 38.5 Å². The highest BCUT2D eigenvalue weighted by Crippen LogP contribution is 2.34. The van der Waals surface area contributed by atoms with E-state index in [1.165, 1.54) is 0 Å². The topological polar surface area (TPSA) is 83.4 Å². The van der Waals surface area contributed by atoms with Crippen molar-refractivity contribution in [3.63, 3.8) is 0 Å². The van der Waals surface area contributed by atoms with Gasteiger partial charge in [0.25, 0.3) is 5.56 Å². The number of pyridine rings is 1. The second kappa shape index (κ2) is 9.59. The molecule has 7 nitrogen and oxygen atoms in total. The normalized spacial score (nSPS) is 20.4. The molecule has 1 fully saturated rings. The van der Waals surface area contributed by atoms with Crippen molar-refractivity contribution in [2.45, 2.75) is 45.2 Å². The summed E-state index contributed by atoms with van der Waals surface area (Å²) in [5.41, 5.74) is 2.03. The zero-order valence-electron chi connectivity index (χ0n) is 18.8. The SMILES string of the molecule is CC(C)CNC(=O)[C@H](Cc1ccccc1)NC(=O)N1C[C@H]2C[C@@H](C1)c1cccc(=O)n1C2. The van der Waals surface area contributed by atoms with E-state index in [0.717, 1.165) is 17.7 Å². The van der Waals surface area contributed by atoms with Crippen molar-refractivity contribution in [1.82, 2.24) is 20.1 Å². The van der Waals surface area contributed by atoms with Crippen LogP contribution in [0.4, 0.5) is 4.79 Å². The Kier molecular flexibility index (Phi) is 6.63. The average molecular weight is 437 g/mol. The molecule has 0 spiro atoms. The van der Waals surface area contributed by atoms with Crippen LogP contribution in [0.15, 0.2) is 53.3 Å². The lowest BCUT2D eigenvalue weighted by Gasteiger charge is -2.43. The molecule has 32 heavy (non-hydrogen) atoms. The predicted octanol–water partition coefficient (Wildman–Crippen LogP) is 2.36. The Morgan fingerprint density at radius 1 is 1.03 bits per heavy atom. The molecule has 3 amide bonds. The van der Waals surface area contributed by atoms with Crippen LogP contribution < -0.4 is 16.2 Å². The van der Waals surface area contributed by atoms with Crippen LogP contribution in [0.25, 0.3) is 0 Å². The van der Waals surface area contributed by atoms with Crippen LogP contribution in [0.1, 0.15) is 37.4 Å². The van der Waals surface area contributed by atoms with E-state index in [1.54, 1.807) is 12.1 Å². The minimum absolute atomic E-state index is 0.0276. The van der Waals surface area contributed by atoms with E-state index < -0.39 is 6.04 Å². The van der Waals surface area contributed by atoms with Crippen molar-refractivity contribution in [3.05, 3.63) is 70.1 Å². The third kappa shape index (κ3) is 5.03. The number of benzene rings is 1. The Bertz CT molecular complexity index is 1020. The van der Waals surface area contributed by atoms with Gasteiger partial charge in [-0.05, 0) is 29.9 Å². The highest BCUT2D eigenvalue weighted by molar-refractivity contribution is 5.87. The quantitative estimate of drug-likeness (QED) is 0.729. The highest BCUT2D eigenvalue weighted by atomic mass is 16.2. The first-order valence-corrected chi connectivity index (χ1v) is 11.5. The van der Waals surface area contributed by atoms with E-state index in [4.69, 9.17) is 0 Å². The van der Waals surface area contributed by atoms with Gasteiger partial charge in [0.1, 0.15) is 6.04 Å². The first-order chi connectivity index (χ1) is 15.4. The molecule has 3 heterocycles. The maximum absolute atomic E-state index is 13.2. The second-order valence-electron chi connectivity index (χ2n) is 9.43. The number of carbonyl (C=O) groups is 2. The highest BCUT2D eigenvalue weighted by Gasteiger charge is 2.37. The van der Waals surface area contributed by atoms with E-state index in [-0.39, 0.29) is 29.3 Å². The Balaban J connectivity index is 1.47. The molecule has 7 heteroatoms. The van der Waals surface area contributed by atoms with Crippen LogP contribution >= 0.6 is 0 Å². The molecule has 4 rings (SSSR count). The molecular formula is C25H32N4O3. The van der Waals surface area contributed by atoms with Crippen molar-refractivity contribution in [1.29, 1.82) is 0 Å².